The Hall–Kier alpha value is -1.82. The topological polar surface area (TPSA) is 58.8 Å². The predicted molar refractivity (Wildman–Crippen MR) is 80.0 cm³/mol. The fourth-order valence-corrected chi connectivity index (χ4v) is 2.49. The zero-order valence-electron chi connectivity index (χ0n) is 12.5. The van der Waals surface area contributed by atoms with Gasteiger partial charge < -0.3 is 20.3 Å². The van der Waals surface area contributed by atoms with Gasteiger partial charge in [0.1, 0.15) is 11.6 Å². The molecule has 1 aliphatic heterocycles. The monoisotopic (exact) mass is 295 g/mol. The van der Waals surface area contributed by atoms with Gasteiger partial charge >= 0.3 is 0 Å². The van der Waals surface area contributed by atoms with E-state index in [4.69, 9.17) is 10.5 Å². The molecule has 1 aromatic carbocycles. The van der Waals surface area contributed by atoms with E-state index >= 15 is 0 Å². The summed E-state index contributed by atoms with van der Waals surface area (Å²) < 4.78 is 18.5. The lowest BCUT2D eigenvalue weighted by molar-refractivity contribution is -0.132. The number of anilines is 1. The Morgan fingerprint density at radius 3 is 2.62 bits per heavy atom. The van der Waals surface area contributed by atoms with Crippen LogP contribution in [0.25, 0.3) is 0 Å². The molecule has 0 radical (unpaired) electrons. The van der Waals surface area contributed by atoms with Crippen molar-refractivity contribution < 1.29 is 13.9 Å². The Morgan fingerprint density at radius 1 is 1.38 bits per heavy atom. The standard InChI is InChI=1S/C15H22FN3O2/c1-3-12(17)15(20)19-8-6-18(7-9-19)13-5-4-11(16)10-14(13)21-2/h4-5,10,12H,3,6-9,17H2,1-2H3/t12-/m1/s1. The number of nitrogens with zero attached hydrogens (tertiary/aromatic N) is 2. The summed E-state index contributed by atoms with van der Waals surface area (Å²) in [6, 6.07) is 4.09. The minimum Gasteiger partial charge on any atom is -0.494 e. The van der Waals surface area contributed by atoms with Crippen molar-refractivity contribution in [2.45, 2.75) is 19.4 Å². The lowest BCUT2D eigenvalue weighted by Crippen LogP contribution is -2.53. The quantitative estimate of drug-likeness (QED) is 0.907. The Balaban J connectivity index is 2.03. The number of halogens is 1. The smallest absolute Gasteiger partial charge is 0.239 e. The molecule has 1 aliphatic rings. The van der Waals surface area contributed by atoms with Crippen molar-refractivity contribution in [3.63, 3.8) is 0 Å². The van der Waals surface area contributed by atoms with Gasteiger partial charge in [-0.15, -0.1) is 0 Å². The molecule has 1 amide bonds. The van der Waals surface area contributed by atoms with E-state index in [1.807, 2.05) is 6.92 Å². The van der Waals surface area contributed by atoms with E-state index in [2.05, 4.69) is 4.90 Å². The highest BCUT2D eigenvalue weighted by Crippen LogP contribution is 2.29. The summed E-state index contributed by atoms with van der Waals surface area (Å²) in [5, 5.41) is 0. The molecule has 6 heteroatoms. The van der Waals surface area contributed by atoms with Gasteiger partial charge in [0.05, 0.1) is 18.8 Å². The van der Waals surface area contributed by atoms with Crippen molar-refractivity contribution in [3.05, 3.63) is 24.0 Å². The maximum Gasteiger partial charge on any atom is 0.239 e. The van der Waals surface area contributed by atoms with Crippen LogP contribution in [0.5, 0.6) is 5.75 Å². The number of hydrogen-bond acceptors (Lipinski definition) is 4. The second-order valence-electron chi connectivity index (χ2n) is 5.14. The van der Waals surface area contributed by atoms with Gasteiger partial charge in [0.2, 0.25) is 5.91 Å². The number of piperazine rings is 1. The zero-order chi connectivity index (χ0) is 15.4. The molecule has 116 valence electrons. The summed E-state index contributed by atoms with van der Waals surface area (Å²) in [7, 11) is 1.53. The third-order valence-electron chi connectivity index (χ3n) is 3.83. The SMILES string of the molecule is CC[C@@H](N)C(=O)N1CCN(c2ccc(F)cc2OC)CC1. The molecular formula is C15H22FN3O2. The Morgan fingerprint density at radius 2 is 2.05 bits per heavy atom. The molecule has 0 bridgehead atoms. The summed E-state index contributed by atoms with van der Waals surface area (Å²) >= 11 is 0. The lowest BCUT2D eigenvalue weighted by atomic mass is 10.1. The van der Waals surface area contributed by atoms with Gasteiger partial charge in [-0.3, -0.25) is 4.79 Å². The Kier molecular flexibility index (Phi) is 5.01. The number of carbonyl (C=O) groups excluding carboxylic acids is 1. The minimum atomic E-state index is -0.420. The minimum absolute atomic E-state index is 0.00298. The van der Waals surface area contributed by atoms with Crippen molar-refractivity contribution in [1.82, 2.24) is 4.90 Å². The molecular weight excluding hydrogens is 273 g/mol. The number of hydrogen-bond donors (Lipinski definition) is 1. The zero-order valence-corrected chi connectivity index (χ0v) is 12.5. The first-order valence-electron chi connectivity index (χ1n) is 7.19. The third kappa shape index (κ3) is 3.44. The highest BCUT2D eigenvalue weighted by atomic mass is 19.1. The van der Waals surface area contributed by atoms with E-state index < -0.39 is 6.04 Å². The molecule has 2 N–H and O–H groups in total. The van der Waals surface area contributed by atoms with Crippen LogP contribution in [0.3, 0.4) is 0 Å². The van der Waals surface area contributed by atoms with Crippen LogP contribution in [0.1, 0.15) is 13.3 Å². The molecule has 5 nitrogen and oxygen atoms in total. The first kappa shape index (κ1) is 15.6. The average Bonchev–Trinajstić information content (AvgIpc) is 2.53. The van der Waals surface area contributed by atoms with Crippen LogP contribution in [0.2, 0.25) is 0 Å². The van der Waals surface area contributed by atoms with E-state index in [0.717, 1.165) is 5.69 Å². The normalized spacial score (nSPS) is 16.8. The predicted octanol–water partition coefficient (Wildman–Crippen LogP) is 1.22. The number of nitrogens with two attached hydrogens (primary N) is 1. The van der Waals surface area contributed by atoms with Crippen LogP contribution < -0.4 is 15.4 Å². The van der Waals surface area contributed by atoms with Crippen molar-refractivity contribution in [3.8, 4) is 5.75 Å². The summed E-state index contributed by atoms with van der Waals surface area (Å²) in [4.78, 5) is 15.9. The van der Waals surface area contributed by atoms with Gasteiger partial charge in [-0.25, -0.2) is 4.39 Å². The molecule has 0 aliphatic carbocycles. The van der Waals surface area contributed by atoms with E-state index in [1.165, 1.54) is 19.2 Å². The Bertz CT molecular complexity index is 502. The maximum absolute atomic E-state index is 13.2. The molecule has 0 spiro atoms. The average molecular weight is 295 g/mol. The van der Waals surface area contributed by atoms with Crippen molar-refractivity contribution in [1.29, 1.82) is 0 Å². The van der Waals surface area contributed by atoms with Gasteiger partial charge in [0, 0.05) is 32.2 Å². The van der Waals surface area contributed by atoms with Crippen LogP contribution in [0, 0.1) is 5.82 Å². The van der Waals surface area contributed by atoms with Gasteiger partial charge in [0.25, 0.3) is 0 Å². The number of amides is 1. The van der Waals surface area contributed by atoms with Gasteiger partial charge in [0.15, 0.2) is 0 Å². The number of carbonyl (C=O) groups is 1. The van der Waals surface area contributed by atoms with Gasteiger partial charge in [-0.1, -0.05) is 6.92 Å². The molecule has 2 rings (SSSR count). The summed E-state index contributed by atoms with van der Waals surface area (Å²) in [6.45, 7) is 4.51. The molecule has 1 atom stereocenters. The van der Waals surface area contributed by atoms with Gasteiger partial charge in [-0.05, 0) is 18.6 Å². The third-order valence-corrected chi connectivity index (χ3v) is 3.83. The molecule has 0 unspecified atom stereocenters. The van der Waals surface area contributed by atoms with Crippen LogP contribution >= 0.6 is 0 Å². The van der Waals surface area contributed by atoms with E-state index in [-0.39, 0.29) is 11.7 Å². The lowest BCUT2D eigenvalue weighted by Gasteiger charge is -2.37. The first-order valence-corrected chi connectivity index (χ1v) is 7.19. The molecule has 1 saturated heterocycles. The molecule has 0 aromatic heterocycles. The van der Waals surface area contributed by atoms with Crippen molar-refractivity contribution in [2.75, 3.05) is 38.2 Å². The number of ether oxygens (including phenoxy) is 1. The molecule has 1 heterocycles. The summed E-state index contributed by atoms with van der Waals surface area (Å²) in [5.74, 6) is 0.196. The van der Waals surface area contributed by atoms with Crippen LogP contribution in [0.4, 0.5) is 10.1 Å². The largest absolute Gasteiger partial charge is 0.494 e. The molecule has 1 aromatic rings. The van der Waals surface area contributed by atoms with E-state index in [0.29, 0.717) is 38.3 Å². The van der Waals surface area contributed by atoms with E-state index in [9.17, 15) is 9.18 Å². The summed E-state index contributed by atoms with van der Waals surface area (Å²) in [6.07, 6.45) is 0.644. The molecule has 1 fully saturated rings. The summed E-state index contributed by atoms with van der Waals surface area (Å²) in [5.41, 5.74) is 6.64. The van der Waals surface area contributed by atoms with Gasteiger partial charge in [-0.2, -0.15) is 0 Å². The van der Waals surface area contributed by atoms with Crippen LogP contribution in [-0.4, -0.2) is 50.1 Å². The van der Waals surface area contributed by atoms with E-state index in [1.54, 1.807) is 11.0 Å². The highest BCUT2D eigenvalue weighted by Gasteiger charge is 2.25. The van der Waals surface area contributed by atoms with Crippen LogP contribution in [0.15, 0.2) is 18.2 Å². The number of rotatable bonds is 4. The van der Waals surface area contributed by atoms with Crippen molar-refractivity contribution >= 4 is 11.6 Å². The first-order chi connectivity index (χ1) is 10.1. The second-order valence-corrected chi connectivity index (χ2v) is 5.14. The highest BCUT2D eigenvalue weighted by molar-refractivity contribution is 5.81. The Labute approximate surface area is 124 Å². The maximum atomic E-state index is 13.2. The number of methoxy groups -OCH3 is 1. The second kappa shape index (κ2) is 6.76. The number of benzene rings is 1. The fourth-order valence-electron chi connectivity index (χ4n) is 2.49. The van der Waals surface area contributed by atoms with Crippen molar-refractivity contribution in [2.24, 2.45) is 5.73 Å². The molecule has 0 saturated carbocycles. The fraction of sp³-hybridized carbons (Fsp3) is 0.533. The van der Waals surface area contributed by atoms with Crippen LogP contribution in [-0.2, 0) is 4.79 Å². The molecule has 21 heavy (non-hydrogen) atoms.